The first kappa shape index (κ1) is 24.3. The molecule has 4 aliphatic rings. The summed E-state index contributed by atoms with van der Waals surface area (Å²) in [6, 6.07) is 15.5. The molecule has 2 aromatic carbocycles. The second-order valence-electron chi connectivity index (χ2n) is 10.1. The minimum atomic E-state index is -0.178. The van der Waals surface area contributed by atoms with Gasteiger partial charge < -0.3 is 25.6 Å². The number of thioether (sulfide) groups is 1. The summed E-state index contributed by atoms with van der Waals surface area (Å²) in [6.45, 7) is 7.84. The first-order valence-corrected chi connectivity index (χ1v) is 14.0. The van der Waals surface area contributed by atoms with E-state index >= 15 is 0 Å². The molecule has 0 bridgehead atoms. The standard InChI is InChI=1S/C28H33N5O3S/c1-3-32-14-12-18(16-32)30-26(34)25-24-23-22(11-13-29-27(23)37-25)33(28(35)31-24)21-10-9-20(15-17(21)2)36-19-7-5-4-6-8-19/h4-10,15,18,22-23,27,29H,3,11-14,16H2,1-2H3,(H,30,34)(H,31,35)/t18-,22?,23?,27?/m1/s1. The van der Waals surface area contributed by atoms with Crippen LogP contribution < -0.4 is 25.6 Å². The van der Waals surface area contributed by atoms with Gasteiger partial charge in [-0.15, -0.1) is 0 Å². The summed E-state index contributed by atoms with van der Waals surface area (Å²) >= 11 is 1.56. The van der Waals surface area contributed by atoms with Crippen molar-refractivity contribution in [3.8, 4) is 11.5 Å². The maximum absolute atomic E-state index is 13.5. The van der Waals surface area contributed by atoms with Crippen LogP contribution in [0.15, 0.2) is 59.1 Å². The quantitative estimate of drug-likeness (QED) is 0.539. The molecule has 3 unspecified atom stereocenters. The molecule has 0 aromatic heterocycles. The molecule has 8 nitrogen and oxygen atoms in total. The molecule has 3 amide bonds. The zero-order chi connectivity index (χ0) is 25.5. The van der Waals surface area contributed by atoms with Crippen molar-refractivity contribution in [2.45, 2.75) is 44.1 Å². The molecule has 3 saturated heterocycles. The topological polar surface area (TPSA) is 85.9 Å². The maximum atomic E-state index is 13.5. The number of rotatable bonds is 6. The Morgan fingerprint density at radius 1 is 1.16 bits per heavy atom. The first-order chi connectivity index (χ1) is 18.0. The molecule has 0 radical (unpaired) electrons. The number of likely N-dealkylation sites (tertiary alicyclic amines) is 1. The Hall–Kier alpha value is -3.01. The van der Waals surface area contributed by atoms with Crippen molar-refractivity contribution in [3.63, 3.8) is 0 Å². The fourth-order valence-electron chi connectivity index (χ4n) is 5.98. The predicted octanol–water partition coefficient (Wildman–Crippen LogP) is 3.79. The van der Waals surface area contributed by atoms with Crippen LogP contribution in [0.3, 0.4) is 0 Å². The summed E-state index contributed by atoms with van der Waals surface area (Å²) in [7, 11) is 0. The average molecular weight is 520 g/mol. The number of benzene rings is 2. The Morgan fingerprint density at radius 2 is 2.00 bits per heavy atom. The number of hydrogen-bond acceptors (Lipinski definition) is 6. The molecule has 0 spiro atoms. The molecule has 3 fully saturated rings. The lowest BCUT2D eigenvalue weighted by Gasteiger charge is -2.46. The van der Waals surface area contributed by atoms with E-state index < -0.39 is 0 Å². The van der Waals surface area contributed by atoms with Crippen LogP contribution in [0, 0.1) is 12.8 Å². The minimum absolute atomic E-state index is 0.0190. The van der Waals surface area contributed by atoms with Crippen LogP contribution in [-0.2, 0) is 4.79 Å². The zero-order valence-electron chi connectivity index (χ0n) is 21.2. The number of carbonyl (C=O) groups is 2. The third-order valence-corrected chi connectivity index (χ3v) is 9.16. The van der Waals surface area contributed by atoms with Gasteiger partial charge in [0.2, 0.25) is 0 Å². The highest BCUT2D eigenvalue weighted by molar-refractivity contribution is 8.04. The molecular weight excluding hydrogens is 486 g/mol. The molecule has 0 aliphatic carbocycles. The van der Waals surface area contributed by atoms with Crippen LogP contribution >= 0.6 is 11.8 Å². The highest BCUT2D eigenvalue weighted by Gasteiger charge is 2.52. The number of amides is 3. The number of piperidine rings is 1. The lowest BCUT2D eigenvalue weighted by Crippen LogP contribution is -2.62. The van der Waals surface area contributed by atoms with E-state index in [1.54, 1.807) is 11.8 Å². The Balaban J connectivity index is 1.24. The molecule has 9 heteroatoms. The fraction of sp³-hybridized carbons (Fsp3) is 0.429. The first-order valence-electron chi connectivity index (χ1n) is 13.1. The van der Waals surface area contributed by atoms with Gasteiger partial charge in [0.05, 0.1) is 16.3 Å². The summed E-state index contributed by atoms with van der Waals surface area (Å²) in [4.78, 5) is 31.8. The van der Waals surface area contributed by atoms with Crippen molar-refractivity contribution >= 4 is 29.4 Å². The highest BCUT2D eigenvalue weighted by atomic mass is 32.2. The Bertz CT molecular complexity index is 1240. The van der Waals surface area contributed by atoms with Crippen molar-refractivity contribution in [1.29, 1.82) is 0 Å². The lowest BCUT2D eigenvalue weighted by molar-refractivity contribution is -0.117. The van der Waals surface area contributed by atoms with E-state index in [1.165, 1.54) is 0 Å². The van der Waals surface area contributed by atoms with E-state index in [0.717, 1.165) is 67.5 Å². The van der Waals surface area contributed by atoms with Crippen LogP contribution in [0.25, 0.3) is 0 Å². The molecule has 0 saturated carbocycles. The van der Waals surface area contributed by atoms with E-state index in [0.29, 0.717) is 4.91 Å². The predicted molar refractivity (Wildman–Crippen MR) is 146 cm³/mol. The Morgan fingerprint density at radius 3 is 2.76 bits per heavy atom. The normalized spacial score (nSPS) is 27.2. The monoisotopic (exact) mass is 519 g/mol. The summed E-state index contributed by atoms with van der Waals surface area (Å²) in [5, 5.41) is 9.98. The van der Waals surface area contributed by atoms with Gasteiger partial charge in [0.25, 0.3) is 5.91 Å². The number of ether oxygens (including phenoxy) is 1. The second-order valence-corrected chi connectivity index (χ2v) is 11.3. The van der Waals surface area contributed by atoms with Gasteiger partial charge in [-0.2, -0.15) is 0 Å². The molecule has 2 aromatic rings. The minimum Gasteiger partial charge on any atom is -0.457 e. The highest BCUT2D eigenvalue weighted by Crippen LogP contribution is 2.48. The maximum Gasteiger partial charge on any atom is 0.326 e. The van der Waals surface area contributed by atoms with Crippen LogP contribution in [0.4, 0.5) is 10.5 Å². The number of likely N-dealkylation sites (N-methyl/N-ethyl adjacent to an activating group) is 1. The number of carbonyl (C=O) groups excluding carboxylic acids is 2. The van der Waals surface area contributed by atoms with Crippen LogP contribution in [0.1, 0.15) is 25.3 Å². The van der Waals surface area contributed by atoms with Crippen LogP contribution in [0.5, 0.6) is 11.5 Å². The van der Waals surface area contributed by atoms with Gasteiger partial charge in [-0.25, -0.2) is 4.79 Å². The molecule has 6 rings (SSSR count). The zero-order valence-corrected chi connectivity index (χ0v) is 22.0. The average Bonchev–Trinajstić information content (AvgIpc) is 3.51. The van der Waals surface area contributed by atoms with Crippen LogP contribution in [-0.4, -0.2) is 60.5 Å². The number of nitrogens with one attached hydrogen (secondary N) is 3. The van der Waals surface area contributed by atoms with E-state index in [2.05, 4.69) is 27.8 Å². The SMILES string of the molecule is CCN1CC[C@@H](NC(=O)C2=C3NC(=O)N(c4ccc(Oc5ccccc5)cc4C)C4CCNC(S2)C34)C1. The van der Waals surface area contributed by atoms with E-state index in [4.69, 9.17) is 4.74 Å². The third-order valence-electron chi connectivity index (χ3n) is 7.81. The largest absolute Gasteiger partial charge is 0.457 e. The van der Waals surface area contributed by atoms with E-state index in [-0.39, 0.29) is 35.3 Å². The number of urea groups is 1. The second kappa shape index (κ2) is 10.0. The summed E-state index contributed by atoms with van der Waals surface area (Å²) in [5.74, 6) is 1.48. The molecule has 194 valence electrons. The smallest absolute Gasteiger partial charge is 0.326 e. The number of nitrogens with zero attached hydrogens (tertiary/aromatic N) is 2. The molecule has 4 atom stereocenters. The van der Waals surface area contributed by atoms with Crippen molar-refractivity contribution in [1.82, 2.24) is 20.9 Å². The number of para-hydroxylation sites is 1. The van der Waals surface area contributed by atoms with Gasteiger partial charge in [0.15, 0.2) is 0 Å². The fourth-order valence-corrected chi connectivity index (χ4v) is 7.38. The van der Waals surface area contributed by atoms with E-state index in [9.17, 15) is 9.59 Å². The molecule has 37 heavy (non-hydrogen) atoms. The van der Waals surface area contributed by atoms with Crippen LogP contribution in [0.2, 0.25) is 0 Å². The summed E-state index contributed by atoms with van der Waals surface area (Å²) < 4.78 is 6.00. The van der Waals surface area contributed by atoms with Gasteiger partial charge in [-0.05, 0) is 68.8 Å². The van der Waals surface area contributed by atoms with Gasteiger partial charge in [-0.1, -0.05) is 36.9 Å². The molecule has 3 N–H and O–H groups in total. The number of aryl methyl sites for hydroxylation is 1. The summed E-state index contributed by atoms with van der Waals surface area (Å²) in [6.07, 6.45) is 1.79. The Labute approximate surface area is 221 Å². The summed E-state index contributed by atoms with van der Waals surface area (Å²) in [5.41, 5.74) is 2.62. The molecule has 4 aliphatic heterocycles. The number of hydrogen-bond donors (Lipinski definition) is 3. The van der Waals surface area contributed by atoms with Gasteiger partial charge in [-0.3, -0.25) is 9.69 Å². The lowest BCUT2D eigenvalue weighted by atomic mass is 9.86. The van der Waals surface area contributed by atoms with Crippen molar-refractivity contribution in [2.75, 3.05) is 31.1 Å². The molecular formula is C28H33N5O3S. The van der Waals surface area contributed by atoms with Crippen molar-refractivity contribution in [3.05, 3.63) is 64.7 Å². The van der Waals surface area contributed by atoms with Gasteiger partial charge in [0, 0.05) is 36.4 Å². The third kappa shape index (κ3) is 4.60. The van der Waals surface area contributed by atoms with Gasteiger partial charge in [0.1, 0.15) is 11.5 Å². The number of anilines is 1. The van der Waals surface area contributed by atoms with Crippen molar-refractivity contribution < 1.29 is 14.3 Å². The van der Waals surface area contributed by atoms with Gasteiger partial charge >= 0.3 is 6.03 Å². The van der Waals surface area contributed by atoms with Crippen molar-refractivity contribution in [2.24, 2.45) is 5.92 Å². The Kier molecular flexibility index (Phi) is 6.60. The molecule has 4 heterocycles. The van der Waals surface area contributed by atoms with E-state index in [1.807, 2.05) is 60.4 Å².